The number of ether oxygens (including phenoxy) is 3. The summed E-state index contributed by atoms with van der Waals surface area (Å²) >= 11 is 3.46. The van der Waals surface area contributed by atoms with Crippen LogP contribution in [-0.2, 0) is 10.3 Å². The van der Waals surface area contributed by atoms with Crippen LogP contribution in [-0.4, -0.2) is 37.2 Å². The van der Waals surface area contributed by atoms with E-state index in [1.165, 1.54) is 14.2 Å². The molecule has 1 saturated carbocycles. The molecule has 0 amide bonds. The van der Waals surface area contributed by atoms with Crippen molar-refractivity contribution in [1.82, 2.24) is 0 Å². The van der Waals surface area contributed by atoms with Gasteiger partial charge in [-0.15, -0.1) is 0 Å². The van der Waals surface area contributed by atoms with Gasteiger partial charge in [-0.3, -0.25) is 14.4 Å². The lowest BCUT2D eigenvalue weighted by molar-refractivity contribution is 0.0479. The summed E-state index contributed by atoms with van der Waals surface area (Å²) in [6.45, 7) is 1.76. The number of halogens is 1. The Kier molecular flexibility index (Phi) is 3.38. The summed E-state index contributed by atoms with van der Waals surface area (Å²) in [6.07, 6.45) is 0.247. The predicted molar refractivity (Wildman–Crippen MR) is 113 cm³/mol. The van der Waals surface area contributed by atoms with E-state index in [2.05, 4.69) is 15.9 Å². The Morgan fingerprint density at radius 3 is 2.26 bits per heavy atom. The number of carbonyl (C=O) groups excluding carboxylic acids is 3. The third-order valence-electron chi connectivity index (χ3n) is 7.35. The highest BCUT2D eigenvalue weighted by atomic mass is 79.9. The Bertz CT molecular complexity index is 1310. The van der Waals surface area contributed by atoms with Crippen molar-refractivity contribution in [3.63, 3.8) is 0 Å². The molecule has 0 bridgehead atoms. The number of methoxy groups -OCH3 is 2. The number of Topliss-reactive ketones (excluding diaryl/α,β-unsaturated/α-hetero) is 3. The van der Waals surface area contributed by atoms with E-state index in [0.717, 1.165) is 0 Å². The van der Waals surface area contributed by atoms with Crippen molar-refractivity contribution in [3.05, 3.63) is 68.7 Å². The number of rotatable bonds is 2. The van der Waals surface area contributed by atoms with Gasteiger partial charge in [0.05, 0.1) is 35.2 Å². The molecule has 2 fully saturated rings. The standard InChI is InChI=1S/C24H17BrO6/c1-22-10-13-18(25)19(26)17-12(7-5-9-15(17)30-3)23(13)24(22,31-23)21(28)16-11(20(22)27)6-4-8-14(16)29-2/h4-9H,10H2,1-3H3/t22-,23-,24+/m0/s1. The van der Waals surface area contributed by atoms with Crippen molar-refractivity contribution < 1.29 is 28.6 Å². The van der Waals surface area contributed by atoms with Crippen LogP contribution in [0.25, 0.3) is 0 Å². The number of allylic oxidation sites excluding steroid dienone is 1. The van der Waals surface area contributed by atoms with Crippen LogP contribution in [0.2, 0.25) is 0 Å². The van der Waals surface area contributed by atoms with Crippen molar-refractivity contribution in [2.24, 2.45) is 5.41 Å². The second-order valence-electron chi connectivity index (χ2n) is 8.52. The number of benzene rings is 2. The van der Waals surface area contributed by atoms with Gasteiger partial charge < -0.3 is 14.2 Å². The largest absolute Gasteiger partial charge is 0.496 e. The van der Waals surface area contributed by atoms with Crippen LogP contribution in [0.1, 0.15) is 50.0 Å². The first-order valence-corrected chi connectivity index (χ1v) is 10.7. The van der Waals surface area contributed by atoms with Gasteiger partial charge in [-0.1, -0.05) is 24.3 Å². The average Bonchev–Trinajstić information content (AvgIpc) is 3.43. The maximum Gasteiger partial charge on any atom is 0.204 e. The molecule has 6 nitrogen and oxygen atoms in total. The molecule has 2 aromatic rings. The molecule has 3 atom stereocenters. The zero-order chi connectivity index (χ0) is 21.9. The van der Waals surface area contributed by atoms with Crippen molar-refractivity contribution in [2.45, 2.75) is 24.5 Å². The lowest BCUT2D eigenvalue weighted by atomic mass is 9.62. The molecule has 2 spiro atoms. The fourth-order valence-electron chi connectivity index (χ4n) is 5.99. The van der Waals surface area contributed by atoms with E-state index in [1.807, 2.05) is 0 Å². The van der Waals surface area contributed by atoms with Gasteiger partial charge >= 0.3 is 0 Å². The summed E-state index contributed by atoms with van der Waals surface area (Å²) in [7, 11) is 2.96. The first kappa shape index (κ1) is 19.0. The SMILES string of the molecule is COc1cccc2c1C(=O)[C@]13O[C@@]14C(=C(Br)C(=O)c1c(OC)cccc14)C[C@@]3(C)C2=O. The Hall–Kier alpha value is -2.77. The van der Waals surface area contributed by atoms with Gasteiger partial charge in [0.2, 0.25) is 11.6 Å². The fourth-order valence-corrected chi connectivity index (χ4v) is 6.61. The molecular formula is C24H17BrO6. The van der Waals surface area contributed by atoms with E-state index in [4.69, 9.17) is 14.2 Å². The minimum atomic E-state index is -1.44. The number of epoxide rings is 1. The summed E-state index contributed by atoms with van der Waals surface area (Å²) in [5, 5.41) is 0. The van der Waals surface area contributed by atoms with Crippen LogP contribution < -0.4 is 9.47 Å². The van der Waals surface area contributed by atoms with E-state index in [0.29, 0.717) is 38.2 Å². The molecule has 0 unspecified atom stereocenters. The third-order valence-corrected chi connectivity index (χ3v) is 8.19. The molecule has 0 aromatic heterocycles. The third kappa shape index (κ3) is 1.73. The topological polar surface area (TPSA) is 82.2 Å². The Morgan fingerprint density at radius 2 is 1.58 bits per heavy atom. The van der Waals surface area contributed by atoms with Gasteiger partial charge in [0.1, 0.15) is 11.5 Å². The number of hydrogen-bond acceptors (Lipinski definition) is 6. The lowest BCUT2D eigenvalue weighted by Crippen LogP contribution is -2.52. The van der Waals surface area contributed by atoms with Gasteiger partial charge in [0.15, 0.2) is 17.0 Å². The summed E-state index contributed by atoms with van der Waals surface area (Å²) < 4.78 is 17.6. The molecule has 1 saturated heterocycles. The molecule has 1 heterocycles. The number of fused-ring (bicyclic) bond motifs is 2. The quantitative estimate of drug-likeness (QED) is 0.604. The zero-order valence-electron chi connectivity index (χ0n) is 17.0. The molecule has 1 aliphatic heterocycles. The molecule has 6 rings (SSSR count). The smallest absolute Gasteiger partial charge is 0.204 e. The summed E-state index contributed by atoms with van der Waals surface area (Å²) in [4.78, 5) is 41.1. The van der Waals surface area contributed by atoms with Crippen LogP contribution in [0.5, 0.6) is 11.5 Å². The van der Waals surface area contributed by atoms with Gasteiger partial charge in [-0.2, -0.15) is 0 Å². The van der Waals surface area contributed by atoms with E-state index >= 15 is 0 Å². The van der Waals surface area contributed by atoms with Crippen molar-refractivity contribution in [3.8, 4) is 11.5 Å². The van der Waals surface area contributed by atoms with Crippen LogP contribution in [0.15, 0.2) is 46.5 Å². The van der Waals surface area contributed by atoms with E-state index < -0.39 is 16.6 Å². The summed E-state index contributed by atoms with van der Waals surface area (Å²) in [6, 6.07) is 10.3. The molecule has 0 N–H and O–H groups in total. The minimum absolute atomic E-state index is 0.183. The highest BCUT2D eigenvalue weighted by Gasteiger charge is 2.91. The zero-order valence-corrected chi connectivity index (χ0v) is 18.6. The van der Waals surface area contributed by atoms with E-state index in [9.17, 15) is 14.4 Å². The van der Waals surface area contributed by atoms with Crippen LogP contribution in [0.4, 0.5) is 0 Å². The van der Waals surface area contributed by atoms with Crippen LogP contribution in [0.3, 0.4) is 0 Å². The van der Waals surface area contributed by atoms with Crippen molar-refractivity contribution >= 4 is 33.3 Å². The van der Waals surface area contributed by atoms with Crippen LogP contribution in [0, 0.1) is 5.41 Å². The number of carbonyl (C=O) groups is 3. The Balaban J connectivity index is 1.71. The van der Waals surface area contributed by atoms with Crippen LogP contribution >= 0.6 is 15.9 Å². The van der Waals surface area contributed by atoms with Gasteiger partial charge in [-0.25, -0.2) is 0 Å². The lowest BCUT2D eigenvalue weighted by Gasteiger charge is -2.35. The number of ketones is 3. The first-order chi connectivity index (χ1) is 14.8. The molecule has 7 heteroatoms. The number of hydrogen-bond donors (Lipinski definition) is 0. The second-order valence-corrected chi connectivity index (χ2v) is 9.31. The first-order valence-electron chi connectivity index (χ1n) is 9.88. The molecule has 3 aliphatic carbocycles. The molecule has 0 radical (unpaired) electrons. The Morgan fingerprint density at radius 1 is 0.935 bits per heavy atom. The maximum atomic E-state index is 14.1. The molecule has 156 valence electrons. The Labute approximate surface area is 186 Å². The summed E-state index contributed by atoms with van der Waals surface area (Å²) in [5.41, 5.74) is -1.65. The maximum absolute atomic E-state index is 14.1. The molecular weight excluding hydrogens is 464 g/mol. The highest BCUT2D eigenvalue weighted by molar-refractivity contribution is 9.12. The van der Waals surface area contributed by atoms with E-state index in [-0.39, 0.29) is 29.3 Å². The summed E-state index contributed by atoms with van der Waals surface area (Å²) in [5.74, 6) is 0.0280. The minimum Gasteiger partial charge on any atom is -0.496 e. The predicted octanol–water partition coefficient (Wildman–Crippen LogP) is 4.00. The van der Waals surface area contributed by atoms with Gasteiger partial charge in [-0.05, 0) is 47.0 Å². The highest BCUT2D eigenvalue weighted by Crippen LogP contribution is 2.80. The van der Waals surface area contributed by atoms with Gasteiger partial charge in [0.25, 0.3) is 0 Å². The van der Waals surface area contributed by atoms with Crippen molar-refractivity contribution in [1.29, 1.82) is 0 Å². The molecule has 2 aromatic carbocycles. The van der Waals surface area contributed by atoms with Gasteiger partial charge in [0, 0.05) is 11.1 Å². The molecule has 31 heavy (non-hydrogen) atoms. The molecule has 4 aliphatic rings. The van der Waals surface area contributed by atoms with Crippen molar-refractivity contribution in [2.75, 3.05) is 14.2 Å². The average molecular weight is 481 g/mol. The van der Waals surface area contributed by atoms with E-state index in [1.54, 1.807) is 43.3 Å². The second kappa shape index (κ2) is 5.53. The monoisotopic (exact) mass is 480 g/mol. The normalized spacial score (nSPS) is 32.1. The fraction of sp³-hybridized carbons (Fsp3) is 0.292.